The van der Waals surface area contributed by atoms with Crippen LogP contribution in [-0.4, -0.2) is 34.5 Å². The summed E-state index contributed by atoms with van der Waals surface area (Å²) >= 11 is 0.956. The van der Waals surface area contributed by atoms with Crippen LogP contribution in [0.4, 0.5) is 0 Å². The number of hydrogen-bond donors (Lipinski definition) is 2. The summed E-state index contributed by atoms with van der Waals surface area (Å²) in [5.41, 5.74) is 0. The van der Waals surface area contributed by atoms with E-state index in [0.717, 1.165) is 11.5 Å². The molecular weight excluding hydrogens is 220 g/mol. The first kappa shape index (κ1) is 11.4. The third kappa shape index (κ3) is 2.91. The van der Waals surface area contributed by atoms with Crippen LogP contribution < -0.4 is 10.1 Å². The molecule has 1 aromatic heterocycles. The lowest BCUT2D eigenvalue weighted by molar-refractivity contribution is -0.138. The molecule has 1 aromatic rings. The molecule has 0 bridgehead atoms. The number of carbonyl (C=O) groups excluding carboxylic acids is 1. The van der Waals surface area contributed by atoms with Crippen LogP contribution in [0.15, 0.2) is 6.07 Å². The Morgan fingerprint density at radius 2 is 2.33 bits per heavy atom. The van der Waals surface area contributed by atoms with Crippen LogP contribution in [0.25, 0.3) is 0 Å². The normalized spacial score (nSPS) is 11.9. The summed E-state index contributed by atoms with van der Waals surface area (Å²) in [4.78, 5) is 22.2. The quantitative estimate of drug-likeness (QED) is 0.779. The Morgan fingerprint density at radius 1 is 1.67 bits per heavy atom. The van der Waals surface area contributed by atoms with Gasteiger partial charge in [-0.25, -0.2) is 0 Å². The maximum Gasteiger partial charge on any atom is 0.325 e. The zero-order valence-electron chi connectivity index (χ0n) is 8.18. The highest BCUT2D eigenvalue weighted by Crippen LogP contribution is 2.15. The van der Waals surface area contributed by atoms with E-state index in [1.165, 1.54) is 20.1 Å². The molecule has 7 heteroatoms. The average Bonchev–Trinajstić information content (AvgIpc) is 2.65. The minimum atomic E-state index is -1.08. The summed E-state index contributed by atoms with van der Waals surface area (Å²) in [6.45, 7) is 1.39. The largest absolute Gasteiger partial charge is 0.480 e. The molecule has 0 saturated heterocycles. The van der Waals surface area contributed by atoms with Gasteiger partial charge in [0.1, 0.15) is 10.9 Å². The molecule has 1 amide bonds. The van der Waals surface area contributed by atoms with Crippen LogP contribution in [0.1, 0.15) is 16.6 Å². The fourth-order valence-electron chi connectivity index (χ4n) is 0.792. The molecule has 0 unspecified atom stereocenters. The Balaban J connectivity index is 2.65. The summed E-state index contributed by atoms with van der Waals surface area (Å²) in [6.07, 6.45) is 0. The summed E-state index contributed by atoms with van der Waals surface area (Å²) < 4.78 is 8.62. The number of amides is 1. The second-order valence-corrected chi connectivity index (χ2v) is 3.57. The summed E-state index contributed by atoms with van der Waals surface area (Å²) in [6, 6.07) is 0.528. The Labute approximate surface area is 90.0 Å². The third-order valence-electron chi connectivity index (χ3n) is 1.64. The molecule has 0 fully saturated rings. The number of aromatic nitrogens is 1. The third-order valence-corrected chi connectivity index (χ3v) is 2.41. The molecule has 1 rings (SSSR count). The molecule has 1 heterocycles. The van der Waals surface area contributed by atoms with Gasteiger partial charge in [0.25, 0.3) is 5.91 Å². The smallest absolute Gasteiger partial charge is 0.325 e. The highest BCUT2D eigenvalue weighted by Gasteiger charge is 2.17. The lowest BCUT2D eigenvalue weighted by Gasteiger charge is -2.06. The number of methoxy groups -OCH3 is 1. The van der Waals surface area contributed by atoms with Gasteiger partial charge in [-0.1, -0.05) is 0 Å². The molecule has 15 heavy (non-hydrogen) atoms. The van der Waals surface area contributed by atoms with Crippen molar-refractivity contribution in [3.05, 3.63) is 10.9 Å². The number of ether oxygens (including phenoxy) is 1. The van der Waals surface area contributed by atoms with Crippen molar-refractivity contribution in [2.45, 2.75) is 13.0 Å². The Morgan fingerprint density at radius 3 is 2.80 bits per heavy atom. The monoisotopic (exact) mass is 230 g/mol. The fourth-order valence-corrected chi connectivity index (χ4v) is 1.40. The van der Waals surface area contributed by atoms with E-state index in [4.69, 9.17) is 9.84 Å². The average molecular weight is 230 g/mol. The van der Waals surface area contributed by atoms with E-state index >= 15 is 0 Å². The van der Waals surface area contributed by atoms with E-state index in [1.54, 1.807) is 0 Å². The van der Waals surface area contributed by atoms with Crippen LogP contribution in [0.2, 0.25) is 0 Å². The van der Waals surface area contributed by atoms with Gasteiger partial charge in [0, 0.05) is 6.07 Å². The molecule has 0 aromatic carbocycles. The predicted molar refractivity (Wildman–Crippen MR) is 53.2 cm³/mol. The van der Waals surface area contributed by atoms with Crippen LogP contribution in [0, 0.1) is 0 Å². The molecule has 0 aliphatic rings. The molecule has 0 saturated carbocycles. The molecule has 6 nitrogen and oxygen atoms in total. The van der Waals surface area contributed by atoms with Crippen molar-refractivity contribution in [3.63, 3.8) is 0 Å². The van der Waals surface area contributed by atoms with E-state index in [1.807, 2.05) is 0 Å². The number of nitrogens with one attached hydrogen (secondary N) is 1. The molecule has 82 valence electrons. The number of carboxylic acid groups (broad SMARTS) is 1. The van der Waals surface area contributed by atoms with E-state index in [2.05, 4.69) is 9.69 Å². The predicted octanol–water partition coefficient (Wildman–Crippen LogP) is 0.355. The van der Waals surface area contributed by atoms with Crippen molar-refractivity contribution >= 4 is 23.4 Å². The maximum absolute atomic E-state index is 11.4. The van der Waals surface area contributed by atoms with Gasteiger partial charge < -0.3 is 15.2 Å². The van der Waals surface area contributed by atoms with E-state index in [0.29, 0.717) is 10.8 Å². The second kappa shape index (κ2) is 4.74. The zero-order valence-corrected chi connectivity index (χ0v) is 9.00. The topological polar surface area (TPSA) is 88.5 Å². The van der Waals surface area contributed by atoms with Gasteiger partial charge in [-0.3, -0.25) is 9.59 Å². The minimum absolute atomic E-state index is 0.319. The van der Waals surface area contributed by atoms with Crippen molar-refractivity contribution in [1.29, 1.82) is 0 Å². The number of carboxylic acids is 1. The van der Waals surface area contributed by atoms with Crippen molar-refractivity contribution in [2.75, 3.05) is 7.11 Å². The second-order valence-electron chi connectivity index (χ2n) is 2.77. The highest BCUT2D eigenvalue weighted by molar-refractivity contribution is 7.08. The molecule has 0 aliphatic carbocycles. The molecule has 0 spiro atoms. The number of rotatable bonds is 4. The lowest BCUT2D eigenvalue weighted by Crippen LogP contribution is -2.37. The first-order chi connectivity index (χ1) is 7.04. The van der Waals surface area contributed by atoms with Crippen molar-refractivity contribution < 1.29 is 19.4 Å². The van der Waals surface area contributed by atoms with Gasteiger partial charge in [-0.2, -0.15) is 4.37 Å². The van der Waals surface area contributed by atoms with Gasteiger partial charge in [0.2, 0.25) is 5.88 Å². The first-order valence-corrected chi connectivity index (χ1v) is 4.86. The van der Waals surface area contributed by atoms with Gasteiger partial charge in [0.05, 0.1) is 7.11 Å². The van der Waals surface area contributed by atoms with Gasteiger partial charge >= 0.3 is 5.97 Å². The minimum Gasteiger partial charge on any atom is -0.480 e. The van der Waals surface area contributed by atoms with Gasteiger partial charge in [-0.05, 0) is 18.5 Å². The maximum atomic E-state index is 11.4. The SMILES string of the molecule is COc1cc(C(=O)N[C@@H](C)C(=O)O)sn1. The van der Waals surface area contributed by atoms with Gasteiger partial charge in [0.15, 0.2) is 0 Å². The Bertz CT molecular complexity index is 376. The standard InChI is InChI=1S/C8H10N2O4S/c1-4(8(12)13)9-7(11)5-3-6(14-2)10-15-5/h3-4H,1-2H3,(H,9,11)(H,12,13)/t4-/m0/s1. The van der Waals surface area contributed by atoms with E-state index in [-0.39, 0.29) is 0 Å². The van der Waals surface area contributed by atoms with Crippen LogP contribution in [0.3, 0.4) is 0 Å². The lowest BCUT2D eigenvalue weighted by atomic mass is 10.3. The highest BCUT2D eigenvalue weighted by atomic mass is 32.1. The summed E-state index contributed by atoms with van der Waals surface area (Å²) in [5.74, 6) is -1.21. The number of hydrogen-bond acceptors (Lipinski definition) is 5. The van der Waals surface area contributed by atoms with Crippen LogP contribution >= 0.6 is 11.5 Å². The van der Waals surface area contributed by atoms with Gasteiger partial charge in [-0.15, -0.1) is 0 Å². The van der Waals surface area contributed by atoms with Crippen LogP contribution in [0.5, 0.6) is 5.88 Å². The van der Waals surface area contributed by atoms with Crippen molar-refractivity contribution in [1.82, 2.24) is 9.69 Å². The van der Waals surface area contributed by atoms with Crippen molar-refractivity contribution in [3.8, 4) is 5.88 Å². The Hall–Kier alpha value is -1.63. The van der Waals surface area contributed by atoms with E-state index in [9.17, 15) is 9.59 Å². The molecule has 0 radical (unpaired) electrons. The summed E-state index contributed by atoms with van der Waals surface area (Å²) in [7, 11) is 1.44. The molecule has 0 aliphatic heterocycles. The zero-order chi connectivity index (χ0) is 11.4. The number of aliphatic carboxylic acids is 1. The fraction of sp³-hybridized carbons (Fsp3) is 0.375. The molecule has 2 N–H and O–H groups in total. The Kier molecular flexibility index (Phi) is 3.62. The van der Waals surface area contributed by atoms with E-state index < -0.39 is 17.9 Å². The number of carbonyl (C=O) groups is 2. The molecule has 1 atom stereocenters. The van der Waals surface area contributed by atoms with Crippen molar-refractivity contribution in [2.24, 2.45) is 0 Å². The summed E-state index contributed by atoms with van der Waals surface area (Å²) in [5, 5.41) is 10.9. The number of nitrogens with zero attached hydrogens (tertiary/aromatic N) is 1. The first-order valence-electron chi connectivity index (χ1n) is 4.09. The van der Waals surface area contributed by atoms with Crippen LogP contribution in [-0.2, 0) is 4.79 Å². The molecular formula is C8H10N2O4S.